The summed E-state index contributed by atoms with van der Waals surface area (Å²) in [6.45, 7) is 6.83. The Morgan fingerprint density at radius 2 is 2.00 bits per heavy atom. The van der Waals surface area contributed by atoms with Crippen molar-refractivity contribution >= 4 is 23.6 Å². The van der Waals surface area contributed by atoms with Gasteiger partial charge in [0, 0.05) is 16.9 Å². The molecule has 2 aliphatic heterocycles. The molecule has 2 atom stereocenters. The minimum atomic E-state index is -0.523. The molecule has 27 heavy (non-hydrogen) atoms. The van der Waals surface area contributed by atoms with Crippen LogP contribution in [-0.4, -0.2) is 48.3 Å². The number of fused-ring (bicyclic) bond motifs is 3. The summed E-state index contributed by atoms with van der Waals surface area (Å²) in [5, 5.41) is 2.84. The van der Waals surface area contributed by atoms with Gasteiger partial charge in [0.05, 0.1) is 19.8 Å². The maximum absolute atomic E-state index is 13.3. The lowest BCUT2D eigenvalue weighted by Crippen LogP contribution is -2.52. The quantitative estimate of drug-likeness (QED) is 0.721. The minimum absolute atomic E-state index is 0.0850. The molecular weight excluding hydrogens is 364 g/mol. The molecule has 3 rings (SSSR count). The fourth-order valence-corrected chi connectivity index (χ4v) is 5.52. The molecule has 148 valence electrons. The first-order valence-corrected chi connectivity index (χ1v) is 10.3. The van der Waals surface area contributed by atoms with E-state index in [2.05, 4.69) is 12.2 Å². The van der Waals surface area contributed by atoms with Crippen LogP contribution in [0.3, 0.4) is 0 Å². The fourth-order valence-electron chi connectivity index (χ4n) is 3.94. The predicted octanol–water partition coefficient (Wildman–Crippen LogP) is 3.36. The number of nitrogens with zero attached hydrogens (tertiary/aromatic N) is 1. The van der Waals surface area contributed by atoms with Gasteiger partial charge in [0.15, 0.2) is 11.5 Å². The number of amides is 2. The SMILES string of the molecule is CCCCCNC(=O)[C@@H]1N2C(=O)c3c(ccc(OC)c3OC)[C@H]2SC1(C)C. The number of carbonyl (C=O) groups excluding carboxylic acids is 2. The summed E-state index contributed by atoms with van der Waals surface area (Å²) in [5.41, 5.74) is 1.39. The average Bonchev–Trinajstić information content (AvgIpc) is 3.07. The summed E-state index contributed by atoms with van der Waals surface area (Å²) in [7, 11) is 3.08. The van der Waals surface area contributed by atoms with Crippen LogP contribution < -0.4 is 14.8 Å². The summed E-state index contributed by atoms with van der Waals surface area (Å²) < 4.78 is 10.4. The highest BCUT2D eigenvalue weighted by molar-refractivity contribution is 8.01. The van der Waals surface area contributed by atoms with Crippen molar-refractivity contribution in [1.82, 2.24) is 10.2 Å². The Bertz CT molecular complexity index is 750. The van der Waals surface area contributed by atoms with Crippen molar-refractivity contribution in [1.29, 1.82) is 0 Å². The molecular formula is C20H28N2O4S. The smallest absolute Gasteiger partial charge is 0.260 e. The standard InChI is InChI=1S/C20H28N2O4S/c1-6-7-8-11-21-17(23)16-20(2,3)27-19-12-9-10-13(25-4)15(26-5)14(12)18(24)22(16)19/h9-10,16,19H,6-8,11H2,1-5H3,(H,21,23)/t16-,19+/m0/s1. The zero-order chi connectivity index (χ0) is 19.8. The summed E-state index contributed by atoms with van der Waals surface area (Å²) in [4.78, 5) is 28.0. The fraction of sp³-hybridized carbons (Fsp3) is 0.600. The van der Waals surface area contributed by atoms with Crippen LogP contribution >= 0.6 is 11.8 Å². The van der Waals surface area contributed by atoms with Crippen LogP contribution in [0.15, 0.2) is 12.1 Å². The second-order valence-corrected chi connectivity index (χ2v) is 9.19. The largest absolute Gasteiger partial charge is 0.493 e. The van der Waals surface area contributed by atoms with Gasteiger partial charge in [0.1, 0.15) is 11.4 Å². The molecule has 2 aliphatic rings. The highest BCUT2D eigenvalue weighted by Crippen LogP contribution is 2.58. The highest BCUT2D eigenvalue weighted by atomic mass is 32.2. The van der Waals surface area contributed by atoms with Gasteiger partial charge in [-0.1, -0.05) is 25.8 Å². The third-order valence-electron chi connectivity index (χ3n) is 5.22. The lowest BCUT2D eigenvalue weighted by molar-refractivity contribution is -0.126. The van der Waals surface area contributed by atoms with Gasteiger partial charge in [-0.05, 0) is 26.3 Å². The van der Waals surface area contributed by atoms with Crippen LogP contribution in [0, 0.1) is 0 Å². The predicted molar refractivity (Wildman–Crippen MR) is 106 cm³/mol. The molecule has 1 aromatic rings. The molecule has 1 aromatic carbocycles. The molecule has 1 N–H and O–H groups in total. The molecule has 6 nitrogen and oxygen atoms in total. The Kier molecular flexibility index (Phi) is 5.60. The van der Waals surface area contributed by atoms with E-state index in [1.54, 1.807) is 23.8 Å². The van der Waals surface area contributed by atoms with Crippen molar-refractivity contribution in [3.63, 3.8) is 0 Å². The second-order valence-electron chi connectivity index (χ2n) is 7.45. The van der Waals surface area contributed by atoms with Gasteiger partial charge in [-0.3, -0.25) is 9.59 Å². The Hall–Kier alpha value is -1.89. The summed E-state index contributed by atoms with van der Waals surface area (Å²) in [6, 6.07) is 3.20. The molecule has 1 saturated heterocycles. The number of nitrogens with one attached hydrogen (secondary N) is 1. The number of methoxy groups -OCH3 is 2. The molecule has 0 aromatic heterocycles. The third-order valence-corrected chi connectivity index (χ3v) is 6.76. The minimum Gasteiger partial charge on any atom is -0.493 e. The molecule has 7 heteroatoms. The van der Waals surface area contributed by atoms with Crippen LogP contribution in [0.2, 0.25) is 0 Å². The van der Waals surface area contributed by atoms with Crippen molar-refractivity contribution < 1.29 is 19.1 Å². The van der Waals surface area contributed by atoms with E-state index >= 15 is 0 Å². The first-order chi connectivity index (χ1) is 12.9. The Morgan fingerprint density at radius 1 is 1.26 bits per heavy atom. The summed E-state index contributed by atoms with van der Waals surface area (Å²) >= 11 is 1.65. The van der Waals surface area contributed by atoms with Crippen molar-refractivity contribution in [2.75, 3.05) is 20.8 Å². The lowest BCUT2D eigenvalue weighted by Gasteiger charge is -2.29. The van der Waals surface area contributed by atoms with E-state index in [0.29, 0.717) is 23.6 Å². The van der Waals surface area contributed by atoms with E-state index in [1.807, 2.05) is 26.0 Å². The van der Waals surface area contributed by atoms with E-state index < -0.39 is 6.04 Å². The first-order valence-electron chi connectivity index (χ1n) is 9.40. The number of hydrogen-bond donors (Lipinski definition) is 1. The highest BCUT2D eigenvalue weighted by Gasteiger charge is 2.58. The second kappa shape index (κ2) is 7.62. The molecule has 0 unspecified atom stereocenters. The number of thioether (sulfide) groups is 1. The molecule has 0 aliphatic carbocycles. The van der Waals surface area contributed by atoms with Gasteiger partial charge in [-0.15, -0.1) is 11.8 Å². The number of ether oxygens (including phenoxy) is 2. The maximum Gasteiger partial charge on any atom is 0.260 e. The van der Waals surface area contributed by atoms with Crippen LogP contribution in [0.5, 0.6) is 11.5 Å². The van der Waals surface area contributed by atoms with Gasteiger partial charge in [-0.2, -0.15) is 0 Å². The molecule has 0 bridgehead atoms. The zero-order valence-electron chi connectivity index (χ0n) is 16.6. The molecule has 0 radical (unpaired) electrons. The van der Waals surface area contributed by atoms with Crippen molar-refractivity contribution in [2.45, 2.75) is 56.2 Å². The van der Waals surface area contributed by atoms with Crippen LogP contribution in [0.4, 0.5) is 0 Å². The van der Waals surface area contributed by atoms with E-state index in [0.717, 1.165) is 24.8 Å². The summed E-state index contributed by atoms with van der Waals surface area (Å²) in [6.07, 6.45) is 3.13. The molecule has 2 amide bonds. The first kappa shape index (κ1) is 19.9. The third kappa shape index (κ3) is 3.26. The average molecular weight is 393 g/mol. The Labute approximate surface area is 165 Å². The topological polar surface area (TPSA) is 67.9 Å². The van der Waals surface area contributed by atoms with E-state index in [9.17, 15) is 9.59 Å². The molecule has 1 fully saturated rings. The maximum atomic E-state index is 13.3. The van der Waals surface area contributed by atoms with Crippen LogP contribution in [0.1, 0.15) is 61.3 Å². The van der Waals surface area contributed by atoms with E-state index in [1.165, 1.54) is 7.11 Å². The van der Waals surface area contributed by atoms with Crippen molar-refractivity contribution in [2.24, 2.45) is 0 Å². The number of carbonyl (C=O) groups is 2. The number of hydrogen-bond acceptors (Lipinski definition) is 5. The van der Waals surface area contributed by atoms with Crippen molar-refractivity contribution in [3.05, 3.63) is 23.3 Å². The molecule has 0 saturated carbocycles. The number of unbranched alkanes of at least 4 members (excludes halogenated alkanes) is 2. The Morgan fingerprint density at radius 3 is 2.63 bits per heavy atom. The van der Waals surface area contributed by atoms with Gasteiger partial charge in [0.25, 0.3) is 5.91 Å². The number of benzene rings is 1. The van der Waals surface area contributed by atoms with Gasteiger partial charge < -0.3 is 19.7 Å². The monoisotopic (exact) mass is 392 g/mol. The van der Waals surface area contributed by atoms with Crippen LogP contribution in [-0.2, 0) is 4.79 Å². The normalized spacial score (nSPS) is 22.4. The van der Waals surface area contributed by atoms with E-state index in [4.69, 9.17) is 9.47 Å². The lowest BCUT2D eigenvalue weighted by atomic mass is 10.0. The number of rotatable bonds is 7. The van der Waals surface area contributed by atoms with Gasteiger partial charge in [-0.25, -0.2) is 0 Å². The molecule has 0 spiro atoms. The van der Waals surface area contributed by atoms with Gasteiger partial charge in [0.2, 0.25) is 5.91 Å². The van der Waals surface area contributed by atoms with Gasteiger partial charge >= 0.3 is 0 Å². The zero-order valence-corrected chi connectivity index (χ0v) is 17.4. The molecule has 2 heterocycles. The summed E-state index contributed by atoms with van der Waals surface area (Å²) in [5.74, 6) is 0.709. The van der Waals surface area contributed by atoms with Crippen molar-refractivity contribution in [3.8, 4) is 11.5 Å². The van der Waals surface area contributed by atoms with Crippen LogP contribution in [0.25, 0.3) is 0 Å². The van der Waals surface area contributed by atoms with E-state index in [-0.39, 0.29) is 21.9 Å². The Balaban J connectivity index is 1.92.